The quantitative estimate of drug-likeness (QED) is 0.283. The summed E-state index contributed by atoms with van der Waals surface area (Å²) in [4.78, 5) is 27.5. The van der Waals surface area contributed by atoms with Gasteiger partial charge >= 0.3 is 12.1 Å². The molecule has 0 saturated carbocycles. The van der Waals surface area contributed by atoms with Gasteiger partial charge in [-0.2, -0.15) is 0 Å². The second-order valence-electron chi connectivity index (χ2n) is 10.4. The molecule has 0 bridgehead atoms. The molecule has 5 heteroatoms. The van der Waals surface area contributed by atoms with Crippen molar-refractivity contribution in [3.05, 3.63) is 0 Å². The van der Waals surface area contributed by atoms with Crippen LogP contribution < -0.4 is 0 Å². The normalized spacial score (nSPS) is 16.8. The fraction of sp³-hybridized carbons (Fsp3) is 0.923. The predicted molar refractivity (Wildman–Crippen MR) is 127 cm³/mol. The number of hydrogen-bond acceptors (Lipinski definition) is 4. The maximum atomic E-state index is 13.1. The van der Waals surface area contributed by atoms with E-state index in [4.69, 9.17) is 9.47 Å². The van der Waals surface area contributed by atoms with Crippen LogP contribution in [0.25, 0.3) is 0 Å². The number of nitrogens with zero attached hydrogens (tertiary/aromatic N) is 1. The van der Waals surface area contributed by atoms with Gasteiger partial charge in [-0.05, 0) is 65.7 Å². The third-order valence-electron chi connectivity index (χ3n) is 7.12. The smallest absolute Gasteiger partial charge is 0.410 e. The molecule has 1 aliphatic heterocycles. The fourth-order valence-electron chi connectivity index (χ4n) is 4.05. The highest BCUT2D eigenvalue weighted by Gasteiger charge is 2.41. The van der Waals surface area contributed by atoms with Gasteiger partial charge in [0, 0.05) is 25.9 Å². The lowest BCUT2D eigenvalue weighted by Crippen LogP contribution is -2.50. The minimum atomic E-state index is -0.510. The molecule has 1 saturated heterocycles. The topological polar surface area (TPSA) is 55.8 Å². The van der Waals surface area contributed by atoms with E-state index in [1.54, 1.807) is 0 Å². The summed E-state index contributed by atoms with van der Waals surface area (Å²) >= 11 is 0. The van der Waals surface area contributed by atoms with E-state index >= 15 is 0 Å². The molecular weight excluding hydrogens is 390 g/mol. The number of hydrogen-bond donors (Lipinski definition) is 0. The molecule has 0 spiro atoms. The molecule has 31 heavy (non-hydrogen) atoms. The van der Waals surface area contributed by atoms with Crippen LogP contribution in [0.3, 0.4) is 0 Å². The molecule has 0 aromatic heterocycles. The first kappa shape index (κ1) is 27.8. The number of esters is 1. The zero-order chi connectivity index (χ0) is 23.5. The lowest BCUT2D eigenvalue weighted by Gasteiger charge is -2.42. The first-order valence-corrected chi connectivity index (χ1v) is 12.8. The zero-order valence-electron chi connectivity index (χ0n) is 21.5. The Bertz CT molecular complexity index is 528. The number of amides is 1. The summed E-state index contributed by atoms with van der Waals surface area (Å²) in [6.45, 7) is 15.6. The van der Waals surface area contributed by atoms with Gasteiger partial charge in [-0.15, -0.1) is 0 Å². The van der Waals surface area contributed by atoms with Gasteiger partial charge in [-0.25, -0.2) is 4.79 Å². The van der Waals surface area contributed by atoms with Crippen LogP contribution in [0.1, 0.15) is 126 Å². The maximum Gasteiger partial charge on any atom is 0.410 e. The first-order valence-electron chi connectivity index (χ1n) is 12.8. The molecule has 182 valence electrons. The second kappa shape index (κ2) is 12.7. The molecule has 0 radical (unpaired) electrons. The van der Waals surface area contributed by atoms with Gasteiger partial charge < -0.3 is 14.4 Å². The van der Waals surface area contributed by atoms with Crippen LogP contribution in [0.15, 0.2) is 0 Å². The van der Waals surface area contributed by atoms with Gasteiger partial charge in [0.15, 0.2) is 0 Å². The summed E-state index contributed by atoms with van der Waals surface area (Å²) in [7, 11) is 0. The Balaban J connectivity index is 2.77. The number of ether oxygens (including phenoxy) is 2. The van der Waals surface area contributed by atoms with Gasteiger partial charge in [0.1, 0.15) is 11.2 Å². The highest BCUT2D eigenvalue weighted by Crippen LogP contribution is 2.35. The number of piperidine rings is 1. The lowest BCUT2D eigenvalue weighted by atomic mass is 9.86. The third-order valence-corrected chi connectivity index (χ3v) is 7.12. The van der Waals surface area contributed by atoms with Crippen molar-refractivity contribution in [3.8, 4) is 0 Å². The van der Waals surface area contributed by atoms with Gasteiger partial charge in [0.2, 0.25) is 0 Å². The van der Waals surface area contributed by atoms with E-state index in [0.717, 1.165) is 64.2 Å². The van der Waals surface area contributed by atoms with Crippen molar-refractivity contribution >= 4 is 12.1 Å². The predicted octanol–water partition coefficient (Wildman–Crippen LogP) is 7.27. The second-order valence-corrected chi connectivity index (χ2v) is 10.4. The molecular formula is C26H49NO4. The van der Waals surface area contributed by atoms with Crippen molar-refractivity contribution in [3.63, 3.8) is 0 Å². The van der Waals surface area contributed by atoms with Crippen molar-refractivity contribution < 1.29 is 19.1 Å². The maximum absolute atomic E-state index is 13.1. The molecule has 0 aromatic rings. The van der Waals surface area contributed by atoms with Crippen LogP contribution >= 0.6 is 0 Å². The van der Waals surface area contributed by atoms with Crippen LogP contribution in [0, 0.1) is 5.41 Å². The molecule has 1 fully saturated rings. The molecule has 0 unspecified atom stereocenters. The Labute approximate surface area is 191 Å². The third kappa shape index (κ3) is 8.65. The molecule has 0 N–H and O–H groups in total. The van der Waals surface area contributed by atoms with Crippen molar-refractivity contribution in [2.45, 2.75) is 137 Å². The summed E-state index contributed by atoms with van der Waals surface area (Å²) in [5.41, 5.74) is -1.32. The number of likely N-dealkylation sites (tertiary alicyclic amines) is 1. The highest BCUT2D eigenvalue weighted by molar-refractivity contribution is 5.76. The van der Waals surface area contributed by atoms with Crippen molar-refractivity contribution in [2.24, 2.45) is 5.41 Å². The minimum absolute atomic E-state index is 0.147. The molecule has 0 aliphatic carbocycles. The average Bonchev–Trinajstić information content (AvgIpc) is 2.74. The van der Waals surface area contributed by atoms with Crippen LogP contribution in [-0.2, 0) is 14.3 Å². The van der Waals surface area contributed by atoms with E-state index in [9.17, 15) is 9.59 Å². The number of unbranched alkanes of at least 4 members (excludes halogenated alkanes) is 3. The van der Waals surface area contributed by atoms with Crippen molar-refractivity contribution in [1.82, 2.24) is 4.90 Å². The fourth-order valence-corrected chi connectivity index (χ4v) is 4.05. The molecule has 0 atom stereocenters. The Hall–Kier alpha value is -1.26. The van der Waals surface area contributed by atoms with E-state index in [1.165, 1.54) is 0 Å². The van der Waals surface area contributed by atoms with Crippen LogP contribution in [0.4, 0.5) is 4.79 Å². The number of carbonyl (C=O) groups is 2. The van der Waals surface area contributed by atoms with Gasteiger partial charge in [0.05, 0.1) is 5.41 Å². The van der Waals surface area contributed by atoms with Crippen molar-refractivity contribution in [1.29, 1.82) is 0 Å². The van der Waals surface area contributed by atoms with Gasteiger partial charge in [-0.1, -0.05) is 47.0 Å². The van der Waals surface area contributed by atoms with E-state index < -0.39 is 11.0 Å². The standard InChI is InChI=1S/C26H49NO4/c1-8-12-15-26(16-13-9-2,17-14-10-3)31-23(29)27-20-18-25(7,19-21-27)30-22(28)24(5,6)11-4/h8-21H2,1-7H3. The van der Waals surface area contributed by atoms with E-state index in [0.29, 0.717) is 25.9 Å². The summed E-state index contributed by atoms with van der Waals surface area (Å²) in [5, 5.41) is 0. The highest BCUT2D eigenvalue weighted by atomic mass is 16.6. The summed E-state index contributed by atoms with van der Waals surface area (Å²) in [5.74, 6) is -0.147. The van der Waals surface area contributed by atoms with E-state index in [-0.39, 0.29) is 17.7 Å². The van der Waals surface area contributed by atoms with Crippen LogP contribution in [-0.4, -0.2) is 41.3 Å². The summed E-state index contributed by atoms with van der Waals surface area (Å²) in [6.07, 6.45) is 11.3. The molecule has 1 aliphatic rings. The first-order chi connectivity index (χ1) is 14.6. The molecule has 0 aromatic carbocycles. The van der Waals surface area contributed by atoms with E-state index in [2.05, 4.69) is 20.8 Å². The van der Waals surface area contributed by atoms with Gasteiger partial charge in [0.25, 0.3) is 0 Å². The number of rotatable bonds is 13. The molecule has 1 amide bonds. The SMILES string of the molecule is CCCCC(CCCC)(CCCC)OC(=O)N1CCC(C)(OC(=O)C(C)(C)CC)CC1. The Morgan fingerprint density at radius 3 is 1.71 bits per heavy atom. The molecule has 1 heterocycles. The molecule has 1 rings (SSSR count). The minimum Gasteiger partial charge on any atom is -0.459 e. The van der Waals surface area contributed by atoms with Crippen LogP contribution in [0.5, 0.6) is 0 Å². The van der Waals surface area contributed by atoms with Crippen molar-refractivity contribution in [2.75, 3.05) is 13.1 Å². The monoisotopic (exact) mass is 439 g/mol. The Morgan fingerprint density at radius 1 is 0.871 bits per heavy atom. The summed E-state index contributed by atoms with van der Waals surface area (Å²) < 4.78 is 12.2. The number of carbonyl (C=O) groups excluding carboxylic acids is 2. The Morgan fingerprint density at radius 2 is 1.32 bits per heavy atom. The summed E-state index contributed by atoms with van der Waals surface area (Å²) in [6, 6.07) is 0. The lowest BCUT2D eigenvalue weighted by molar-refractivity contribution is -0.173. The van der Waals surface area contributed by atoms with Crippen LogP contribution in [0.2, 0.25) is 0 Å². The average molecular weight is 440 g/mol. The zero-order valence-corrected chi connectivity index (χ0v) is 21.5. The van der Waals surface area contributed by atoms with E-state index in [1.807, 2.05) is 32.6 Å². The Kier molecular flexibility index (Phi) is 11.4. The van der Waals surface area contributed by atoms with Gasteiger partial charge in [-0.3, -0.25) is 4.79 Å². The largest absolute Gasteiger partial charge is 0.459 e. The molecule has 5 nitrogen and oxygen atoms in total.